The molecule has 2 unspecified atom stereocenters. The standard InChI is InChI=1S/C15H19N5O9/c1-7-6-20(14(25)17-12(7)23)9-5-8(18-19-16)11(28-9)13(24)29-15(26)27-4-2-3-10(21)22/h6,8-9,11,13,24H,2-5H2,1H3,(H,21,22)(H,17,23,25)/t8?,9-,11+,13?/m1/s1. The molecule has 14 nitrogen and oxygen atoms in total. The molecule has 0 spiro atoms. The van der Waals surface area contributed by atoms with E-state index in [-0.39, 0.29) is 31.4 Å². The van der Waals surface area contributed by atoms with Gasteiger partial charge in [-0.15, -0.1) is 0 Å². The van der Waals surface area contributed by atoms with E-state index in [1.165, 1.54) is 13.1 Å². The van der Waals surface area contributed by atoms with Crippen molar-refractivity contribution in [2.24, 2.45) is 5.11 Å². The summed E-state index contributed by atoms with van der Waals surface area (Å²) >= 11 is 0. The van der Waals surface area contributed by atoms with Gasteiger partial charge in [-0.2, -0.15) is 0 Å². The highest BCUT2D eigenvalue weighted by Crippen LogP contribution is 2.32. The zero-order valence-corrected chi connectivity index (χ0v) is 15.3. The normalized spacial score (nSPS) is 21.8. The van der Waals surface area contributed by atoms with Crippen LogP contribution in [0.4, 0.5) is 4.79 Å². The first kappa shape index (κ1) is 21.9. The van der Waals surface area contributed by atoms with Crippen LogP contribution in [0, 0.1) is 6.92 Å². The van der Waals surface area contributed by atoms with Gasteiger partial charge in [0.25, 0.3) is 5.56 Å². The lowest BCUT2D eigenvalue weighted by Crippen LogP contribution is -2.38. The molecule has 3 N–H and O–H groups in total. The summed E-state index contributed by atoms with van der Waals surface area (Å²) in [6, 6.07) is -0.987. The van der Waals surface area contributed by atoms with Crippen molar-refractivity contribution in [3.05, 3.63) is 43.0 Å². The van der Waals surface area contributed by atoms with Crippen molar-refractivity contribution in [3.8, 4) is 0 Å². The Labute approximate surface area is 162 Å². The molecule has 14 heteroatoms. The average molecular weight is 413 g/mol. The van der Waals surface area contributed by atoms with Crippen LogP contribution in [0.3, 0.4) is 0 Å². The number of aryl methyl sites for hydroxylation is 1. The number of carboxylic acid groups (broad SMARTS) is 1. The van der Waals surface area contributed by atoms with Gasteiger partial charge in [-0.05, 0) is 18.9 Å². The highest BCUT2D eigenvalue weighted by Gasteiger charge is 2.42. The number of H-pyrrole nitrogens is 1. The maximum atomic E-state index is 12.0. The van der Waals surface area contributed by atoms with Crippen molar-refractivity contribution in [2.75, 3.05) is 6.61 Å². The molecule has 29 heavy (non-hydrogen) atoms. The van der Waals surface area contributed by atoms with E-state index in [1.54, 1.807) is 0 Å². The SMILES string of the molecule is Cc1cn([C@H]2CC(N=[N+]=[N-])[C@@H](C(O)OC(=O)OCCCC(=O)O)O2)c(=O)[nH]c1=O. The lowest BCUT2D eigenvalue weighted by atomic mass is 10.1. The van der Waals surface area contributed by atoms with E-state index in [2.05, 4.69) is 24.5 Å². The van der Waals surface area contributed by atoms with E-state index in [4.69, 9.17) is 15.4 Å². The molecule has 1 aromatic rings. The fourth-order valence-electron chi connectivity index (χ4n) is 2.66. The lowest BCUT2D eigenvalue weighted by Gasteiger charge is -2.21. The quantitative estimate of drug-likeness (QED) is 0.132. The van der Waals surface area contributed by atoms with Crippen LogP contribution in [0.25, 0.3) is 10.4 Å². The number of aliphatic hydroxyl groups is 1. The number of carboxylic acids is 1. The number of azide groups is 1. The first-order valence-corrected chi connectivity index (χ1v) is 8.48. The summed E-state index contributed by atoms with van der Waals surface area (Å²) in [6.07, 6.45) is -4.40. The fourth-order valence-corrected chi connectivity index (χ4v) is 2.66. The number of rotatable bonds is 8. The minimum absolute atomic E-state index is 0.0335. The lowest BCUT2D eigenvalue weighted by molar-refractivity contribution is -0.165. The molecule has 4 atom stereocenters. The van der Waals surface area contributed by atoms with E-state index in [0.29, 0.717) is 0 Å². The van der Waals surface area contributed by atoms with E-state index < -0.39 is 48.0 Å². The number of aromatic amines is 1. The Kier molecular flexibility index (Phi) is 7.36. The summed E-state index contributed by atoms with van der Waals surface area (Å²) in [5, 5.41) is 22.1. The summed E-state index contributed by atoms with van der Waals surface area (Å²) in [6.45, 7) is 1.24. The van der Waals surface area contributed by atoms with Gasteiger partial charge in [0, 0.05) is 29.5 Å². The molecule has 0 saturated carbocycles. The number of ether oxygens (including phenoxy) is 3. The number of carbonyl (C=O) groups excluding carboxylic acids is 1. The van der Waals surface area contributed by atoms with Gasteiger partial charge in [0.2, 0.25) is 6.29 Å². The third-order valence-corrected chi connectivity index (χ3v) is 4.05. The van der Waals surface area contributed by atoms with E-state index in [0.717, 1.165) is 4.57 Å². The van der Waals surface area contributed by atoms with Gasteiger partial charge in [0.15, 0.2) is 0 Å². The first-order valence-electron chi connectivity index (χ1n) is 8.48. The Hall–Kier alpha value is -3.35. The minimum Gasteiger partial charge on any atom is -0.481 e. The third kappa shape index (κ3) is 5.81. The van der Waals surface area contributed by atoms with Crippen LogP contribution in [-0.2, 0) is 19.0 Å². The predicted octanol–water partition coefficient (Wildman–Crippen LogP) is 0.148. The second-order valence-electron chi connectivity index (χ2n) is 6.15. The zero-order valence-electron chi connectivity index (χ0n) is 15.3. The van der Waals surface area contributed by atoms with Crippen LogP contribution in [0.2, 0.25) is 0 Å². The molecule has 1 aliphatic heterocycles. The van der Waals surface area contributed by atoms with Crippen LogP contribution in [-0.4, -0.2) is 56.9 Å². The van der Waals surface area contributed by atoms with Gasteiger partial charge in [-0.3, -0.25) is 19.1 Å². The van der Waals surface area contributed by atoms with Gasteiger partial charge < -0.3 is 24.4 Å². The number of hydrogen-bond acceptors (Lipinski definition) is 9. The summed E-state index contributed by atoms with van der Waals surface area (Å²) < 4.78 is 15.9. The molecule has 0 radical (unpaired) electrons. The molecular weight excluding hydrogens is 394 g/mol. The molecule has 2 rings (SSSR count). The van der Waals surface area contributed by atoms with Crippen molar-refractivity contribution >= 4 is 12.1 Å². The number of aliphatic carboxylic acids is 1. The number of aliphatic hydroxyl groups excluding tert-OH is 1. The topological polar surface area (TPSA) is 206 Å². The molecule has 1 fully saturated rings. The van der Waals surface area contributed by atoms with E-state index in [9.17, 15) is 24.3 Å². The number of nitrogens with one attached hydrogen (secondary N) is 1. The van der Waals surface area contributed by atoms with E-state index in [1.807, 2.05) is 0 Å². The number of hydrogen-bond donors (Lipinski definition) is 3. The Balaban J connectivity index is 2.05. The highest BCUT2D eigenvalue weighted by molar-refractivity contribution is 5.66. The maximum absolute atomic E-state index is 12.0. The van der Waals surface area contributed by atoms with Crippen LogP contribution in [0.15, 0.2) is 20.9 Å². The molecule has 0 aromatic carbocycles. The average Bonchev–Trinajstić information content (AvgIpc) is 3.06. The van der Waals surface area contributed by atoms with Crippen molar-refractivity contribution in [1.82, 2.24) is 9.55 Å². The Morgan fingerprint density at radius 3 is 2.90 bits per heavy atom. The summed E-state index contributed by atoms with van der Waals surface area (Å²) in [5.74, 6) is -1.06. The van der Waals surface area contributed by atoms with Crippen LogP contribution >= 0.6 is 0 Å². The molecule has 1 aromatic heterocycles. The number of nitrogens with zero attached hydrogens (tertiary/aromatic N) is 4. The van der Waals surface area contributed by atoms with Crippen molar-refractivity contribution in [1.29, 1.82) is 0 Å². The second-order valence-corrected chi connectivity index (χ2v) is 6.15. The Bertz CT molecular complexity index is 919. The molecule has 158 valence electrons. The van der Waals surface area contributed by atoms with Crippen LogP contribution in [0.1, 0.15) is 31.1 Å². The minimum atomic E-state index is -1.89. The molecule has 1 saturated heterocycles. The molecular formula is C15H19N5O9. The van der Waals surface area contributed by atoms with Gasteiger partial charge in [0.1, 0.15) is 12.3 Å². The third-order valence-electron chi connectivity index (χ3n) is 4.05. The smallest absolute Gasteiger partial charge is 0.481 e. The van der Waals surface area contributed by atoms with Gasteiger partial charge in [0.05, 0.1) is 12.6 Å². The van der Waals surface area contributed by atoms with E-state index >= 15 is 0 Å². The Morgan fingerprint density at radius 1 is 1.52 bits per heavy atom. The Morgan fingerprint density at radius 2 is 2.24 bits per heavy atom. The molecule has 0 bridgehead atoms. The maximum Gasteiger partial charge on any atom is 0.510 e. The predicted molar refractivity (Wildman–Crippen MR) is 92.8 cm³/mol. The number of aromatic nitrogens is 2. The summed E-state index contributed by atoms with van der Waals surface area (Å²) in [5.41, 5.74) is 7.62. The van der Waals surface area contributed by atoms with Crippen LogP contribution < -0.4 is 11.2 Å². The summed E-state index contributed by atoms with van der Waals surface area (Å²) in [4.78, 5) is 50.2. The van der Waals surface area contributed by atoms with Gasteiger partial charge in [-0.1, -0.05) is 5.11 Å². The van der Waals surface area contributed by atoms with Gasteiger partial charge in [-0.25, -0.2) is 9.59 Å². The van der Waals surface area contributed by atoms with Gasteiger partial charge >= 0.3 is 17.8 Å². The largest absolute Gasteiger partial charge is 0.510 e. The monoisotopic (exact) mass is 413 g/mol. The molecule has 1 aliphatic rings. The molecule has 2 heterocycles. The fraction of sp³-hybridized carbons (Fsp3) is 0.600. The van der Waals surface area contributed by atoms with Crippen LogP contribution in [0.5, 0.6) is 0 Å². The second kappa shape index (κ2) is 9.73. The molecule has 0 aliphatic carbocycles. The zero-order chi connectivity index (χ0) is 21.6. The van der Waals surface area contributed by atoms with Crippen molar-refractivity contribution in [2.45, 2.75) is 50.8 Å². The molecule has 0 amide bonds. The highest BCUT2D eigenvalue weighted by atomic mass is 16.8. The van der Waals surface area contributed by atoms with Crippen molar-refractivity contribution in [3.63, 3.8) is 0 Å². The number of carbonyl (C=O) groups is 2. The first-order chi connectivity index (χ1) is 13.7. The van der Waals surface area contributed by atoms with Crippen molar-refractivity contribution < 1.29 is 34.0 Å². The summed E-state index contributed by atoms with van der Waals surface area (Å²) in [7, 11) is 0.